The van der Waals surface area contributed by atoms with Gasteiger partial charge in [-0.3, -0.25) is 0 Å². The molecule has 0 saturated heterocycles. The molecule has 1 aromatic carbocycles. The van der Waals surface area contributed by atoms with E-state index in [2.05, 4.69) is 38.2 Å². The highest BCUT2D eigenvalue weighted by atomic mass is 16.6. The van der Waals surface area contributed by atoms with Gasteiger partial charge in [0, 0.05) is 0 Å². The first-order valence-corrected chi connectivity index (χ1v) is 6.49. The first-order chi connectivity index (χ1) is 8.84. The van der Waals surface area contributed by atoms with Crippen LogP contribution in [0.4, 0.5) is 4.79 Å². The van der Waals surface area contributed by atoms with E-state index in [1.54, 1.807) is 0 Å². The van der Waals surface area contributed by atoms with Gasteiger partial charge >= 0.3 is 6.09 Å². The Bertz CT molecular complexity index is 406. The molecule has 4 nitrogen and oxygen atoms in total. The van der Waals surface area contributed by atoms with Gasteiger partial charge in [0.05, 0.1) is 12.6 Å². The Morgan fingerprint density at radius 1 is 1.32 bits per heavy atom. The Labute approximate surface area is 114 Å². The van der Waals surface area contributed by atoms with Gasteiger partial charge in [-0.1, -0.05) is 45.0 Å². The molecule has 0 spiro atoms. The van der Waals surface area contributed by atoms with Crippen LogP contribution in [0.3, 0.4) is 0 Å². The van der Waals surface area contributed by atoms with E-state index in [1.807, 2.05) is 19.1 Å². The Hall–Kier alpha value is -1.55. The number of benzene rings is 1. The molecule has 0 aromatic heterocycles. The van der Waals surface area contributed by atoms with Crippen molar-refractivity contribution in [3.63, 3.8) is 0 Å². The first-order valence-electron chi connectivity index (χ1n) is 6.49. The molecule has 1 aromatic rings. The normalized spacial score (nSPS) is 12.9. The van der Waals surface area contributed by atoms with E-state index >= 15 is 0 Å². The summed E-state index contributed by atoms with van der Waals surface area (Å²) in [7, 11) is 0. The third kappa shape index (κ3) is 4.91. The molecule has 1 amide bonds. The zero-order chi connectivity index (χ0) is 14.5. The van der Waals surface area contributed by atoms with Gasteiger partial charge in [-0.25, -0.2) is 4.79 Å². The molecule has 1 unspecified atom stereocenters. The van der Waals surface area contributed by atoms with Gasteiger partial charge < -0.3 is 15.2 Å². The fourth-order valence-corrected chi connectivity index (χ4v) is 1.71. The van der Waals surface area contributed by atoms with Gasteiger partial charge in [-0.2, -0.15) is 0 Å². The van der Waals surface area contributed by atoms with E-state index in [0.29, 0.717) is 0 Å². The standard InChI is InChI=1S/C15H23NO3/c1-11(16-14(18)19-10-9-17)12-5-7-13(8-6-12)15(2,3)4/h5-8,11,17H,9-10H2,1-4H3,(H,16,18). The molecule has 4 heteroatoms. The number of alkyl carbamates (subject to hydrolysis) is 1. The topological polar surface area (TPSA) is 58.6 Å². The predicted molar refractivity (Wildman–Crippen MR) is 75.1 cm³/mol. The Balaban J connectivity index is 2.63. The third-order valence-corrected chi connectivity index (χ3v) is 2.94. The molecule has 0 aliphatic carbocycles. The minimum Gasteiger partial charge on any atom is -0.447 e. The summed E-state index contributed by atoms with van der Waals surface area (Å²) in [5.74, 6) is 0. The van der Waals surface area contributed by atoms with Gasteiger partial charge in [0.2, 0.25) is 0 Å². The summed E-state index contributed by atoms with van der Waals surface area (Å²) in [6.07, 6.45) is -0.513. The monoisotopic (exact) mass is 265 g/mol. The van der Waals surface area contributed by atoms with Crippen LogP contribution in [0.25, 0.3) is 0 Å². The third-order valence-electron chi connectivity index (χ3n) is 2.94. The van der Waals surface area contributed by atoms with E-state index in [-0.39, 0.29) is 24.7 Å². The average Bonchev–Trinajstić information content (AvgIpc) is 2.35. The maximum atomic E-state index is 11.4. The lowest BCUT2D eigenvalue weighted by molar-refractivity contribution is 0.116. The minimum absolute atomic E-state index is 0.0154. The predicted octanol–water partition coefficient (Wildman–Crippen LogP) is 2.76. The molecule has 0 heterocycles. The number of aliphatic hydroxyl groups excluding tert-OH is 1. The molecule has 0 radical (unpaired) electrons. The van der Waals surface area contributed by atoms with E-state index in [4.69, 9.17) is 9.84 Å². The average molecular weight is 265 g/mol. The number of ether oxygens (including phenoxy) is 1. The Morgan fingerprint density at radius 2 is 1.89 bits per heavy atom. The molecule has 0 saturated carbocycles. The van der Waals surface area contributed by atoms with Crippen LogP contribution < -0.4 is 5.32 Å². The van der Waals surface area contributed by atoms with Crippen LogP contribution in [0.2, 0.25) is 0 Å². The number of rotatable bonds is 4. The van der Waals surface area contributed by atoms with Crippen molar-refractivity contribution in [1.82, 2.24) is 5.32 Å². The zero-order valence-corrected chi connectivity index (χ0v) is 12.1. The number of aliphatic hydroxyl groups is 1. The number of hydrogen-bond donors (Lipinski definition) is 2. The lowest BCUT2D eigenvalue weighted by Crippen LogP contribution is -2.28. The van der Waals surface area contributed by atoms with Crippen molar-refractivity contribution >= 4 is 6.09 Å². The molecule has 1 atom stereocenters. The van der Waals surface area contributed by atoms with Gasteiger partial charge in [-0.05, 0) is 23.5 Å². The summed E-state index contributed by atoms with van der Waals surface area (Å²) in [6.45, 7) is 8.23. The molecular weight excluding hydrogens is 242 g/mol. The number of carbonyl (C=O) groups excluding carboxylic acids is 1. The van der Waals surface area contributed by atoms with Crippen LogP contribution in [-0.4, -0.2) is 24.4 Å². The maximum Gasteiger partial charge on any atom is 0.407 e. The second-order valence-corrected chi connectivity index (χ2v) is 5.60. The molecule has 0 fully saturated rings. The molecule has 106 valence electrons. The summed E-state index contributed by atoms with van der Waals surface area (Å²) in [5.41, 5.74) is 2.40. The van der Waals surface area contributed by atoms with Crippen LogP contribution in [0.15, 0.2) is 24.3 Å². The fraction of sp³-hybridized carbons (Fsp3) is 0.533. The Kier molecular flexibility index (Phi) is 5.36. The summed E-state index contributed by atoms with van der Waals surface area (Å²) in [6, 6.07) is 8.05. The Morgan fingerprint density at radius 3 is 2.37 bits per heavy atom. The highest BCUT2D eigenvalue weighted by molar-refractivity contribution is 5.67. The van der Waals surface area contributed by atoms with Crippen molar-refractivity contribution in [2.24, 2.45) is 0 Å². The van der Waals surface area contributed by atoms with Crippen molar-refractivity contribution in [3.05, 3.63) is 35.4 Å². The van der Waals surface area contributed by atoms with E-state index in [1.165, 1.54) is 5.56 Å². The molecule has 0 aliphatic heterocycles. The van der Waals surface area contributed by atoms with Crippen molar-refractivity contribution in [2.45, 2.75) is 39.2 Å². The van der Waals surface area contributed by atoms with E-state index < -0.39 is 6.09 Å². The number of carbonyl (C=O) groups is 1. The number of amides is 1. The zero-order valence-electron chi connectivity index (χ0n) is 12.1. The van der Waals surface area contributed by atoms with Gasteiger partial charge in [0.15, 0.2) is 0 Å². The molecule has 2 N–H and O–H groups in total. The van der Waals surface area contributed by atoms with Crippen LogP contribution in [0, 0.1) is 0 Å². The largest absolute Gasteiger partial charge is 0.447 e. The number of hydrogen-bond acceptors (Lipinski definition) is 3. The SMILES string of the molecule is CC(NC(=O)OCCO)c1ccc(C(C)(C)C)cc1. The van der Waals surface area contributed by atoms with Crippen molar-refractivity contribution < 1.29 is 14.6 Å². The quantitative estimate of drug-likeness (QED) is 0.880. The van der Waals surface area contributed by atoms with E-state index in [9.17, 15) is 4.79 Å². The van der Waals surface area contributed by atoms with E-state index in [0.717, 1.165) is 5.56 Å². The summed E-state index contributed by atoms with van der Waals surface area (Å²) in [4.78, 5) is 11.4. The fourth-order valence-electron chi connectivity index (χ4n) is 1.71. The van der Waals surface area contributed by atoms with Crippen LogP contribution >= 0.6 is 0 Å². The molecular formula is C15H23NO3. The first kappa shape index (κ1) is 15.5. The smallest absolute Gasteiger partial charge is 0.407 e. The summed E-state index contributed by atoms with van der Waals surface area (Å²) in [5, 5.41) is 11.3. The highest BCUT2D eigenvalue weighted by Crippen LogP contribution is 2.23. The minimum atomic E-state index is -0.513. The highest BCUT2D eigenvalue weighted by Gasteiger charge is 2.15. The van der Waals surface area contributed by atoms with Crippen molar-refractivity contribution in [3.8, 4) is 0 Å². The summed E-state index contributed by atoms with van der Waals surface area (Å²) >= 11 is 0. The molecule has 19 heavy (non-hydrogen) atoms. The second kappa shape index (κ2) is 6.57. The molecule has 0 aliphatic rings. The molecule has 1 rings (SSSR count). The molecule has 0 bridgehead atoms. The maximum absolute atomic E-state index is 11.4. The van der Waals surface area contributed by atoms with Crippen LogP contribution in [0.1, 0.15) is 44.9 Å². The lowest BCUT2D eigenvalue weighted by Gasteiger charge is -2.20. The second-order valence-electron chi connectivity index (χ2n) is 5.60. The van der Waals surface area contributed by atoms with Crippen molar-refractivity contribution in [2.75, 3.05) is 13.2 Å². The van der Waals surface area contributed by atoms with Crippen molar-refractivity contribution in [1.29, 1.82) is 0 Å². The van der Waals surface area contributed by atoms with Gasteiger partial charge in [-0.15, -0.1) is 0 Å². The summed E-state index contributed by atoms with van der Waals surface area (Å²) < 4.78 is 4.76. The van der Waals surface area contributed by atoms with Gasteiger partial charge in [0.1, 0.15) is 6.61 Å². The van der Waals surface area contributed by atoms with Crippen LogP contribution in [-0.2, 0) is 10.2 Å². The van der Waals surface area contributed by atoms with Gasteiger partial charge in [0.25, 0.3) is 0 Å². The number of nitrogens with one attached hydrogen (secondary N) is 1. The lowest BCUT2D eigenvalue weighted by atomic mass is 9.86. The van der Waals surface area contributed by atoms with Crippen LogP contribution in [0.5, 0.6) is 0 Å².